The van der Waals surface area contributed by atoms with Gasteiger partial charge in [0.1, 0.15) is 17.5 Å². The Morgan fingerprint density at radius 3 is 2.92 bits per heavy atom. The van der Waals surface area contributed by atoms with Gasteiger partial charge in [-0.2, -0.15) is 0 Å². The fourth-order valence-corrected chi connectivity index (χ4v) is 3.27. The molecule has 3 aromatic rings. The topological polar surface area (TPSA) is 71.2 Å². The number of rotatable bonds is 4. The van der Waals surface area contributed by atoms with Gasteiger partial charge in [-0.15, -0.1) is 5.10 Å². The predicted octanol–water partition coefficient (Wildman–Crippen LogP) is 2.09. The summed E-state index contributed by atoms with van der Waals surface area (Å²) in [6, 6.07) is 6.36. The first kappa shape index (κ1) is 13.7. The van der Waals surface area contributed by atoms with Crippen LogP contribution in [0.25, 0.3) is 5.65 Å². The smallest absolute Gasteiger partial charge is 0.153 e. The van der Waals surface area contributed by atoms with Crippen molar-refractivity contribution in [1.29, 1.82) is 0 Å². The van der Waals surface area contributed by atoms with Crippen LogP contribution >= 0.6 is 0 Å². The van der Waals surface area contributed by atoms with Gasteiger partial charge < -0.3 is 10.2 Å². The minimum atomic E-state index is 0.373. The van der Waals surface area contributed by atoms with E-state index in [-0.39, 0.29) is 0 Å². The molecule has 5 rings (SSSR count). The number of fused-ring (bicyclic) bond motifs is 1. The second kappa shape index (κ2) is 5.43. The lowest BCUT2D eigenvalue weighted by atomic mass is 10.2. The molecule has 2 fully saturated rings. The highest BCUT2D eigenvalue weighted by atomic mass is 15.3. The highest BCUT2D eigenvalue weighted by molar-refractivity contribution is 5.46. The molecule has 3 aromatic heterocycles. The largest absolute Gasteiger partial charge is 0.364 e. The second-order valence-corrected chi connectivity index (χ2v) is 6.57. The highest BCUT2D eigenvalue weighted by Gasteiger charge is 2.28. The van der Waals surface area contributed by atoms with Crippen LogP contribution in [0.3, 0.4) is 0 Å². The maximum absolute atomic E-state index is 4.75. The Kier molecular flexibility index (Phi) is 3.11. The van der Waals surface area contributed by atoms with Crippen LogP contribution in [0.5, 0.6) is 0 Å². The van der Waals surface area contributed by atoms with Crippen molar-refractivity contribution in [3.63, 3.8) is 0 Å². The lowest BCUT2D eigenvalue weighted by molar-refractivity contribution is 0.787. The van der Waals surface area contributed by atoms with Crippen LogP contribution < -0.4 is 10.2 Å². The minimum Gasteiger partial charge on any atom is -0.364 e. The van der Waals surface area contributed by atoms with E-state index in [4.69, 9.17) is 4.98 Å². The second-order valence-electron chi connectivity index (χ2n) is 6.57. The van der Waals surface area contributed by atoms with Crippen LogP contribution in [0.4, 0.5) is 11.6 Å². The van der Waals surface area contributed by atoms with E-state index >= 15 is 0 Å². The number of hydrogen-bond donors (Lipinski definition) is 1. The Hall–Kier alpha value is -2.70. The maximum Gasteiger partial charge on any atom is 0.153 e. The Balaban J connectivity index is 1.28. The summed E-state index contributed by atoms with van der Waals surface area (Å²) in [5.41, 5.74) is 0.863. The van der Waals surface area contributed by atoms with Gasteiger partial charge in [-0.05, 0) is 37.5 Å². The van der Waals surface area contributed by atoms with Crippen molar-refractivity contribution in [2.45, 2.75) is 31.2 Å². The molecule has 122 valence electrons. The number of nitrogens with one attached hydrogen (secondary N) is 1. The summed E-state index contributed by atoms with van der Waals surface area (Å²) in [5.74, 6) is 3.53. The van der Waals surface area contributed by atoms with Crippen LogP contribution in [0.2, 0.25) is 0 Å². The van der Waals surface area contributed by atoms with Crippen molar-refractivity contribution in [2.24, 2.45) is 0 Å². The van der Waals surface area contributed by atoms with E-state index in [1.807, 2.05) is 30.6 Å². The molecule has 1 aliphatic heterocycles. The number of hydrogen-bond acceptors (Lipinski definition) is 6. The lowest BCUT2D eigenvalue weighted by Crippen LogP contribution is -2.27. The number of nitrogens with zero attached hydrogens (tertiary/aromatic N) is 6. The molecule has 7 nitrogen and oxygen atoms in total. The lowest BCUT2D eigenvalue weighted by Gasteiger charge is -2.18. The van der Waals surface area contributed by atoms with Crippen LogP contribution in [0, 0.1) is 0 Å². The Bertz CT molecular complexity index is 870. The molecule has 1 unspecified atom stereocenters. The number of aromatic nitrogens is 5. The summed E-state index contributed by atoms with van der Waals surface area (Å²) in [4.78, 5) is 15.7. The van der Waals surface area contributed by atoms with E-state index in [2.05, 4.69) is 25.3 Å². The predicted molar refractivity (Wildman–Crippen MR) is 91.2 cm³/mol. The molecule has 24 heavy (non-hydrogen) atoms. The van der Waals surface area contributed by atoms with Gasteiger partial charge in [-0.1, -0.05) is 0 Å². The van der Waals surface area contributed by atoms with Crippen molar-refractivity contribution in [1.82, 2.24) is 24.6 Å². The van der Waals surface area contributed by atoms with E-state index in [1.165, 1.54) is 12.8 Å². The average Bonchev–Trinajstić information content (AvgIpc) is 3.18. The zero-order chi connectivity index (χ0) is 15.9. The van der Waals surface area contributed by atoms with Crippen molar-refractivity contribution in [3.8, 4) is 0 Å². The zero-order valence-corrected chi connectivity index (χ0v) is 13.3. The summed E-state index contributed by atoms with van der Waals surface area (Å²) in [5, 5.41) is 8.07. The standard InChI is InChI=1S/C17H19N7/c1-2-12(1)17-19-7-5-16(21-17)23-9-6-13(11-23)20-14-3-4-15-18-8-10-24(15)22-14/h3-5,7-8,10,12-13H,1-2,6,9,11H2,(H,20,22). The molecule has 7 heteroatoms. The Labute approximate surface area is 139 Å². The summed E-state index contributed by atoms with van der Waals surface area (Å²) >= 11 is 0. The molecule has 2 aliphatic rings. The number of imidazole rings is 1. The molecule has 4 heterocycles. The van der Waals surface area contributed by atoms with Crippen LogP contribution in [0.15, 0.2) is 36.8 Å². The van der Waals surface area contributed by atoms with Crippen LogP contribution in [0.1, 0.15) is 31.0 Å². The van der Waals surface area contributed by atoms with Gasteiger partial charge in [0.15, 0.2) is 5.65 Å². The third kappa shape index (κ3) is 2.55. The monoisotopic (exact) mass is 321 g/mol. The van der Waals surface area contributed by atoms with Crippen molar-refractivity contribution in [2.75, 3.05) is 23.3 Å². The third-order valence-corrected chi connectivity index (χ3v) is 4.72. The molecule has 0 spiro atoms. The van der Waals surface area contributed by atoms with Crippen LogP contribution in [-0.4, -0.2) is 43.7 Å². The summed E-state index contributed by atoms with van der Waals surface area (Å²) in [6.45, 7) is 1.94. The zero-order valence-electron chi connectivity index (χ0n) is 13.3. The molecule has 1 aliphatic carbocycles. The molecule has 1 N–H and O–H groups in total. The van der Waals surface area contributed by atoms with Gasteiger partial charge in [-0.25, -0.2) is 19.5 Å². The maximum atomic E-state index is 4.75. The van der Waals surface area contributed by atoms with Gasteiger partial charge in [0, 0.05) is 43.6 Å². The minimum absolute atomic E-state index is 0.373. The van der Waals surface area contributed by atoms with Gasteiger partial charge >= 0.3 is 0 Å². The Morgan fingerprint density at radius 2 is 2.00 bits per heavy atom. The summed E-state index contributed by atoms with van der Waals surface area (Å²) in [6.07, 6.45) is 9.06. The summed E-state index contributed by atoms with van der Waals surface area (Å²) < 4.78 is 1.79. The van der Waals surface area contributed by atoms with Crippen molar-refractivity contribution in [3.05, 3.63) is 42.6 Å². The molecule has 0 aromatic carbocycles. The fourth-order valence-electron chi connectivity index (χ4n) is 3.27. The fraction of sp³-hybridized carbons (Fsp3) is 0.412. The molecule has 1 atom stereocenters. The van der Waals surface area contributed by atoms with Gasteiger partial charge in [-0.3, -0.25) is 0 Å². The molecule has 0 radical (unpaired) electrons. The first-order chi connectivity index (χ1) is 11.8. The van der Waals surface area contributed by atoms with E-state index in [1.54, 1.807) is 10.7 Å². The van der Waals surface area contributed by atoms with E-state index < -0.39 is 0 Å². The molecular formula is C17H19N7. The molecule has 0 amide bonds. The summed E-state index contributed by atoms with van der Waals surface area (Å²) in [7, 11) is 0. The normalized spacial score (nSPS) is 20.7. The SMILES string of the molecule is c1cc(N2CCC(Nc3ccc4nccn4n3)C2)nc(C2CC2)n1. The molecule has 1 saturated heterocycles. The quantitative estimate of drug-likeness (QED) is 0.793. The van der Waals surface area contributed by atoms with Gasteiger partial charge in [0.2, 0.25) is 0 Å². The van der Waals surface area contributed by atoms with E-state index in [9.17, 15) is 0 Å². The van der Waals surface area contributed by atoms with Gasteiger partial charge in [0.05, 0.1) is 0 Å². The van der Waals surface area contributed by atoms with E-state index in [0.717, 1.165) is 42.6 Å². The average molecular weight is 321 g/mol. The molecule has 0 bridgehead atoms. The number of anilines is 2. The highest BCUT2D eigenvalue weighted by Crippen LogP contribution is 2.38. The van der Waals surface area contributed by atoms with E-state index in [0.29, 0.717) is 12.0 Å². The molecule has 1 saturated carbocycles. The Morgan fingerprint density at radius 1 is 1.04 bits per heavy atom. The van der Waals surface area contributed by atoms with Gasteiger partial charge in [0.25, 0.3) is 0 Å². The molecular weight excluding hydrogens is 302 g/mol. The van der Waals surface area contributed by atoms with Crippen molar-refractivity contribution >= 4 is 17.3 Å². The van der Waals surface area contributed by atoms with Crippen molar-refractivity contribution < 1.29 is 0 Å². The van der Waals surface area contributed by atoms with Crippen LogP contribution in [-0.2, 0) is 0 Å². The first-order valence-corrected chi connectivity index (χ1v) is 8.50. The first-order valence-electron chi connectivity index (χ1n) is 8.50. The third-order valence-electron chi connectivity index (χ3n) is 4.72.